The fourth-order valence-electron chi connectivity index (χ4n) is 1.38. The molecule has 0 spiro atoms. The second-order valence-corrected chi connectivity index (χ2v) is 3.34. The zero-order valence-corrected chi connectivity index (χ0v) is 8.91. The molecule has 0 aliphatic rings. The van der Waals surface area contributed by atoms with Crippen molar-refractivity contribution in [2.75, 3.05) is 0 Å². The van der Waals surface area contributed by atoms with Crippen LogP contribution in [0.3, 0.4) is 0 Å². The molecule has 0 aromatic heterocycles. The van der Waals surface area contributed by atoms with Crippen molar-refractivity contribution in [3.05, 3.63) is 28.8 Å². The fraction of sp³-hybridized carbons (Fsp3) is 0.273. The summed E-state index contributed by atoms with van der Waals surface area (Å²) in [5.74, 6) is -1.43. The number of aryl methyl sites for hydroxylation is 1. The molecule has 0 aliphatic heterocycles. The number of nitrogens with zero attached hydrogens (tertiary/aromatic N) is 1. The van der Waals surface area contributed by atoms with Gasteiger partial charge in [0.1, 0.15) is 5.75 Å². The molecule has 0 saturated heterocycles. The standard InChI is InChI=1S/C11H9F2NO3/c1-6-2-7(4-10(15)16)9(17-11(12)13)3-8(6)5-14/h2-3,11H,4H2,1H3,(H,15,16). The smallest absolute Gasteiger partial charge is 0.387 e. The van der Waals surface area contributed by atoms with Gasteiger partial charge in [0.2, 0.25) is 0 Å². The zero-order valence-electron chi connectivity index (χ0n) is 8.91. The van der Waals surface area contributed by atoms with Gasteiger partial charge < -0.3 is 9.84 Å². The molecule has 0 bridgehead atoms. The van der Waals surface area contributed by atoms with Crippen molar-refractivity contribution in [3.8, 4) is 11.8 Å². The SMILES string of the molecule is Cc1cc(CC(=O)O)c(OC(F)F)cc1C#N. The molecule has 0 heterocycles. The Hall–Kier alpha value is -2.16. The molecule has 0 aliphatic carbocycles. The summed E-state index contributed by atoms with van der Waals surface area (Å²) in [6, 6.07) is 4.31. The molecule has 1 N–H and O–H groups in total. The van der Waals surface area contributed by atoms with Crippen LogP contribution in [0.5, 0.6) is 5.75 Å². The molecular formula is C11H9F2NO3. The van der Waals surface area contributed by atoms with Gasteiger partial charge in [-0.15, -0.1) is 0 Å². The summed E-state index contributed by atoms with van der Waals surface area (Å²) >= 11 is 0. The van der Waals surface area contributed by atoms with Crippen molar-refractivity contribution in [1.82, 2.24) is 0 Å². The van der Waals surface area contributed by atoms with Crippen LogP contribution in [-0.2, 0) is 11.2 Å². The molecule has 1 aromatic carbocycles. The van der Waals surface area contributed by atoms with E-state index in [1.807, 2.05) is 6.07 Å². The van der Waals surface area contributed by atoms with E-state index in [0.717, 1.165) is 6.07 Å². The van der Waals surface area contributed by atoms with Crippen LogP contribution >= 0.6 is 0 Å². The summed E-state index contributed by atoms with van der Waals surface area (Å²) in [5, 5.41) is 17.4. The quantitative estimate of drug-likeness (QED) is 0.876. The lowest BCUT2D eigenvalue weighted by atomic mass is 10.0. The number of halogens is 2. The minimum atomic E-state index is -3.06. The Morgan fingerprint density at radius 2 is 2.24 bits per heavy atom. The van der Waals surface area contributed by atoms with E-state index in [9.17, 15) is 13.6 Å². The van der Waals surface area contributed by atoms with E-state index >= 15 is 0 Å². The Balaban J connectivity index is 3.21. The maximum absolute atomic E-state index is 12.1. The number of carbonyl (C=O) groups is 1. The largest absolute Gasteiger partial charge is 0.481 e. The third-order valence-corrected chi connectivity index (χ3v) is 2.09. The van der Waals surface area contributed by atoms with Crippen LogP contribution in [0.2, 0.25) is 0 Å². The van der Waals surface area contributed by atoms with Gasteiger partial charge >= 0.3 is 12.6 Å². The summed E-state index contributed by atoms with van der Waals surface area (Å²) in [4.78, 5) is 10.6. The molecule has 90 valence electrons. The number of ether oxygens (including phenoxy) is 1. The number of nitriles is 1. The predicted octanol–water partition coefficient (Wildman–Crippen LogP) is 2.10. The normalized spacial score (nSPS) is 10.1. The molecular weight excluding hydrogens is 232 g/mol. The number of aliphatic carboxylic acids is 1. The summed E-state index contributed by atoms with van der Waals surface area (Å²) in [7, 11) is 0. The van der Waals surface area contributed by atoms with Crippen LogP contribution in [0.4, 0.5) is 8.78 Å². The van der Waals surface area contributed by atoms with Crippen LogP contribution in [0.15, 0.2) is 12.1 Å². The van der Waals surface area contributed by atoms with Gasteiger partial charge in [-0.25, -0.2) is 0 Å². The van der Waals surface area contributed by atoms with Crippen molar-refractivity contribution in [2.45, 2.75) is 20.0 Å². The molecule has 0 radical (unpaired) electrons. The Labute approximate surface area is 96.0 Å². The molecule has 0 atom stereocenters. The van der Waals surface area contributed by atoms with Gasteiger partial charge in [0.25, 0.3) is 0 Å². The van der Waals surface area contributed by atoms with Crippen LogP contribution < -0.4 is 4.74 Å². The number of carboxylic acid groups (broad SMARTS) is 1. The van der Waals surface area contributed by atoms with E-state index in [2.05, 4.69) is 4.74 Å². The van der Waals surface area contributed by atoms with Crippen LogP contribution in [0.25, 0.3) is 0 Å². The molecule has 17 heavy (non-hydrogen) atoms. The lowest BCUT2D eigenvalue weighted by Gasteiger charge is -2.11. The highest BCUT2D eigenvalue weighted by Gasteiger charge is 2.14. The van der Waals surface area contributed by atoms with Gasteiger partial charge in [0, 0.05) is 5.56 Å². The van der Waals surface area contributed by atoms with Gasteiger partial charge in [-0.2, -0.15) is 14.0 Å². The van der Waals surface area contributed by atoms with Crippen molar-refractivity contribution in [1.29, 1.82) is 5.26 Å². The third kappa shape index (κ3) is 3.41. The Morgan fingerprint density at radius 1 is 1.59 bits per heavy atom. The third-order valence-electron chi connectivity index (χ3n) is 2.09. The van der Waals surface area contributed by atoms with Gasteiger partial charge in [-0.05, 0) is 18.6 Å². The number of hydrogen-bond acceptors (Lipinski definition) is 3. The molecule has 1 rings (SSSR count). The maximum atomic E-state index is 12.1. The van der Waals surface area contributed by atoms with E-state index in [4.69, 9.17) is 10.4 Å². The van der Waals surface area contributed by atoms with E-state index in [1.54, 1.807) is 6.92 Å². The minimum absolute atomic E-state index is 0.120. The van der Waals surface area contributed by atoms with Crippen molar-refractivity contribution < 1.29 is 23.4 Å². The van der Waals surface area contributed by atoms with Gasteiger partial charge in [0.15, 0.2) is 0 Å². The number of rotatable bonds is 4. The van der Waals surface area contributed by atoms with Crippen LogP contribution in [-0.4, -0.2) is 17.7 Å². The summed E-state index contributed by atoms with van der Waals surface area (Å²) in [6.45, 7) is -1.47. The molecule has 0 saturated carbocycles. The van der Waals surface area contributed by atoms with Crippen LogP contribution in [0.1, 0.15) is 16.7 Å². The topological polar surface area (TPSA) is 70.3 Å². The molecule has 0 fully saturated rings. The second-order valence-electron chi connectivity index (χ2n) is 3.34. The molecule has 1 aromatic rings. The highest BCUT2D eigenvalue weighted by Crippen LogP contribution is 2.25. The monoisotopic (exact) mass is 241 g/mol. The van der Waals surface area contributed by atoms with Crippen molar-refractivity contribution in [3.63, 3.8) is 0 Å². The van der Waals surface area contributed by atoms with Gasteiger partial charge in [-0.1, -0.05) is 6.07 Å². The van der Waals surface area contributed by atoms with E-state index in [-0.39, 0.29) is 16.9 Å². The fourth-order valence-corrected chi connectivity index (χ4v) is 1.38. The van der Waals surface area contributed by atoms with Gasteiger partial charge in [-0.3, -0.25) is 4.79 Å². The highest BCUT2D eigenvalue weighted by atomic mass is 19.3. The lowest BCUT2D eigenvalue weighted by molar-refractivity contribution is -0.136. The first-order chi connectivity index (χ1) is 7.93. The molecule has 6 heteroatoms. The average Bonchev–Trinajstić information content (AvgIpc) is 2.20. The minimum Gasteiger partial charge on any atom is -0.481 e. The average molecular weight is 241 g/mol. The van der Waals surface area contributed by atoms with E-state index < -0.39 is 19.0 Å². The summed E-state index contributed by atoms with van der Waals surface area (Å²) in [6.07, 6.45) is -0.436. The Bertz CT molecular complexity index is 480. The maximum Gasteiger partial charge on any atom is 0.387 e. The highest BCUT2D eigenvalue weighted by molar-refractivity contribution is 5.71. The first-order valence-electron chi connectivity index (χ1n) is 4.64. The molecule has 4 nitrogen and oxygen atoms in total. The Morgan fingerprint density at radius 3 is 2.71 bits per heavy atom. The molecule has 0 amide bonds. The second kappa shape index (κ2) is 5.25. The zero-order chi connectivity index (χ0) is 13.0. The Kier molecular flexibility index (Phi) is 3.99. The van der Waals surface area contributed by atoms with E-state index in [0.29, 0.717) is 5.56 Å². The number of alkyl halides is 2. The van der Waals surface area contributed by atoms with Crippen molar-refractivity contribution >= 4 is 5.97 Å². The lowest BCUT2D eigenvalue weighted by Crippen LogP contribution is -2.08. The van der Waals surface area contributed by atoms with Crippen LogP contribution in [0, 0.1) is 18.3 Å². The summed E-state index contributed by atoms with van der Waals surface area (Å²) < 4.78 is 28.4. The van der Waals surface area contributed by atoms with E-state index in [1.165, 1.54) is 6.07 Å². The first kappa shape index (κ1) is 12.9. The van der Waals surface area contributed by atoms with Crippen molar-refractivity contribution in [2.24, 2.45) is 0 Å². The molecule has 0 unspecified atom stereocenters. The number of benzene rings is 1. The summed E-state index contributed by atoms with van der Waals surface area (Å²) in [5.41, 5.74) is 0.814. The van der Waals surface area contributed by atoms with Gasteiger partial charge in [0.05, 0.1) is 18.1 Å². The predicted molar refractivity (Wildman–Crippen MR) is 53.9 cm³/mol. The number of carboxylic acids is 1. The number of hydrogen-bond donors (Lipinski definition) is 1. The first-order valence-corrected chi connectivity index (χ1v) is 4.64.